The summed E-state index contributed by atoms with van der Waals surface area (Å²) in [4.78, 5) is 27.3. The Bertz CT molecular complexity index is 1080. The van der Waals surface area contributed by atoms with Crippen molar-refractivity contribution in [1.82, 2.24) is 10.2 Å². The number of carbonyl (C=O) groups excluding carboxylic acids is 2. The van der Waals surface area contributed by atoms with Gasteiger partial charge in [0.2, 0.25) is 5.91 Å². The third kappa shape index (κ3) is 5.48. The number of anilines is 1. The van der Waals surface area contributed by atoms with Gasteiger partial charge in [0.05, 0.1) is 4.90 Å². The van der Waals surface area contributed by atoms with E-state index in [2.05, 4.69) is 10.0 Å². The molecule has 0 aromatic heterocycles. The fourth-order valence-corrected chi connectivity index (χ4v) is 4.84. The van der Waals surface area contributed by atoms with Crippen molar-refractivity contribution < 1.29 is 18.0 Å². The van der Waals surface area contributed by atoms with Crippen molar-refractivity contribution in [2.45, 2.75) is 63.4 Å². The molecule has 1 aliphatic rings. The SMILES string of the molecule is CC(C)NC(=O)[C@@H]1CCCN1C(=O)c1cccc(NS(=O)(=O)c2ccc(C(C)C)cc2)c1. The Morgan fingerprint density at radius 2 is 1.72 bits per heavy atom. The van der Waals surface area contributed by atoms with Gasteiger partial charge in [0.15, 0.2) is 0 Å². The van der Waals surface area contributed by atoms with Crippen molar-refractivity contribution in [3.63, 3.8) is 0 Å². The predicted octanol–water partition coefficient (Wildman–Crippen LogP) is 3.74. The molecule has 1 heterocycles. The first-order valence-corrected chi connectivity index (χ1v) is 12.4. The first-order chi connectivity index (χ1) is 15.1. The third-order valence-electron chi connectivity index (χ3n) is 5.47. The van der Waals surface area contributed by atoms with Gasteiger partial charge in [0, 0.05) is 23.8 Å². The number of likely N-dealkylation sites (tertiary alicyclic amines) is 1. The van der Waals surface area contributed by atoms with Crippen molar-refractivity contribution >= 4 is 27.5 Å². The Labute approximate surface area is 190 Å². The molecule has 2 N–H and O–H groups in total. The van der Waals surface area contributed by atoms with Crippen molar-refractivity contribution in [2.75, 3.05) is 11.3 Å². The van der Waals surface area contributed by atoms with E-state index < -0.39 is 16.1 Å². The second-order valence-electron chi connectivity index (χ2n) is 8.73. The molecule has 1 atom stereocenters. The molecule has 1 saturated heterocycles. The average molecular weight is 458 g/mol. The van der Waals surface area contributed by atoms with E-state index in [1.54, 1.807) is 47.4 Å². The summed E-state index contributed by atoms with van der Waals surface area (Å²) in [5, 5.41) is 2.87. The van der Waals surface area contributed by atoms with Crippen LogP contribution in [0.1, 0.15) is 62.4 Å². The molecule has 2 aromatic carbocycles. The number of rotatable bonds is 7. The summed E-state index contributed by atoms with van der Waals surface area (Å²) in [6, 6.07) is 12.6. The van der Waals surface area contributed by atoms with Gasteiger partial charge in [-0.1, -0.05) is 32.0 Å². The van der Waals surface area contributed by atoms with Crippen LogP contribution in [0, 0.1) is 0 Å². The van der Waals surface area contributed by atoms with Crippen molar-refractivity contribution in [1.29, 1.82) is 0 Å². The smallest absolute Gasteiger partial charge is 0.261 e. The Hall–Kier alpha value is -2.87. The van der Waals surface area contributed by atoms with E-state index in [0.717, 1.165) is 12.0 Å². The normalized spacial score (nSPS) is 16.4. The molecule has 0 unspecified atom stereocenters. The van der Waals surface area contributed by atoms with E-state index in [1.165, 1.54) is 6.07 Å². The minimum Gasteiger partial charge on any atom is -0.352 e. The fraction of sp³-hybridized carbons (Fsp3) is 0.417. The van der Waals surface area contributed by atoms with Crippen LogP contribution in [0.25, 0.3) is 0 Å². The highest BCUT2D eigenvalue weighted by Crippen LogP contribution is 2.24. The lowest BCUT2D eigenvalue weighted by molar-refractivity contribution is -0.125. The molecule has 172 valence electrons. The monoisotopic (exact) mass is 457 g/mol. The molecule has 1 aliphatic heterocycles. The molecule has 0 radical (unpaired) electrons. The van der Waals surface area contributed by atoms with E-state index in [-0.39, 0.29) is 22.8 Å². The van der Waals surface area contributed by atoms with Crippen LogP contribution in [0.15, 0.2) is 53.4 Å². The highest BCUT2D eigenvalue weighted by molar-refractivity contribution is 7.92. The van der Waals surface area contributed by atoms with Gasteiger partial charge in [0.1, 0.15) is 6.04 Å². The Kier molecular flexibility index (Phi) is 7.23. The van der Waals surface area contributed by atoms with Gasteiger partial charge in [-0.2, -0.15) is 0 Å². The summed E-state index contributed by atoms with van der Waals surface area (Å²) < 4.78 is 28.2. The molecule has 0 saturated carbocycles. The molecule has 32 heavy (non-hydrogen) atoms. The molecular weight excluding hydrogens is 426 g/mol. The molecule has 7 nitrogen and oxygen atoms in total. The molecule has 3 rings (SSSR count). The van der Waals surface area contributed by atoms with Gasteiger partial charge in [-0.3, -0.25) is 14.3 Å². The van der Waals surface area contributed by atoms with Crippen LogP contribution in [-0.2, 0) is 14.8 Å². The van der Waals surface area contributed by atoms with Crippen LogP contribution < -0.4 is 10.0 Å². The topological polar surface area (TPSA) is 95.6 Å². The lowest BCUT2D eigenvalue weighted by atomic mass is 10.0. The minimum atomic E-state index is -3.79. The lowest BCUT2D eigenvalue weighted by Crippen LogP contribution is -2.47. The zero-order valence-corrected chi connectivity index (χ0v) is 19.8. The summed E-state index contributed by atoms with van der Waals surface area (Å²) in [7, 11) is -3.79. The third-order valence-corrected chi connectivity index (χ3v) is 6.86. The lowest BCUT2D eigenvalue weighted by Gasteiger charge is -2.25. The Morgan fingerprint density at radius 1 is 1.03 bits per heavy atom. The number of hydrogen-bond donors (Lipinski definition) is 2. The summed E-state index contributed by atoms with van der Waals surface area (Å²) in [5.74, 6) is -0.138. The maximum Gasteiger partial charge on any atom is 0.261 e. The standard InChI is InChI=1S/C24H31N3O4S/c1-16(2)18-10-12-21(13-11-18)32(30,31)26-20-8-5-7-19(15-20)24(29)27-14-6-9-22(27)23(28)25-17(3)4/h5,7-8,10-13,15-17,22,26H,6,9,14H2,1-4H3,(H,25,28)/t22-/m0/s1. The molecule has 0 spiro atoms. The van der Waals surface area contributed by atoms with E-state index in [4.69, 9.17) is 0 Å². The second-order valence-corrected chi connectivity index (χ2v) is 10.4. The van der Waals surface area contributed by atoms with Crippen molar-refractivity contribution in [3.8, 4) is 0 Å². The van der Waals surface area contributed by atoms with Crippen LogP contribution >= 0.6 is 0 Å². The van der Waals surface area contributed by atoms with E-state index in [9.17, 15) is 18.0 Å². The summed E-state index contributed by atoms with van der Waals surface area (Å²) in [6.45, 7) is 8.34. The number of nitrogens with one attached hydrogen (secondary N) is 2. The maximum absolute atomic E-state index is 13.1. The van der Waals surface area contributed by atoms with Gasteiger partial charge in [-0.25, -0.2) is 8.42 Å². The van der Waals surface area contributed by atoms with Gasteiger partial charge in [0.25, 0.3) is 15.9 Å². The van der Waals surface area contributed by atoms with E-state index >= 15 is 0 Å². The van der Waals surface area contributed by atoms with Crippen molar-refractivity contribution in [3.05, 3.63) is 59.7 Å². The Balaban J connectivity index is 1.77. The van der Waals surface area contributed by atoms with Gasteiger partial charge in [-0.15, -0.1) is 0 Å². The number of nitrogens with zero attached hydrogens (tertiary/aromatic N) is 1. The van der Waals surface area contributed by atoms with Gasteiger partial charge < -0.3 is 10.2 Å². The van der Waals surface area contributed by atoms with Gasteiger partial charge in [-0.05, 0) is 68.5 Å². The highest BCUT2D eigenvalue weighted by atomic mass is 32.2. The van der Waals surface area contributed by atoms with Crippen LogP contribution in [0.3, 0.4) is 0 Å². The van der Waals surface area contributed by atoms with Gasteiger partial charge >= 0.3 is 0 Å². The predicted molar refractivity (Wildman–Crippen MR) is 125 cm³/mol. The van der Waals surface area contributed by atoms with Crippen LogP contribution in [0.5, 0.6) is 0 Å². The van der Waals surface area contributed by atoms with Crippen LogP contribution in [-0.4, -0.2) is 43.8 Å². The van der Waals surface area contributed by atoms with Crippen LogP contribution in [0.2, 0.25) is 0 Å². The molecule has 0 bridgehead atoms. The van der Waals surface area contributed by atoms with E-state index in [0.29, 0.717) is 30.1 Å². The van der Waals surface area contributed by atoms with Crippen LogP contribution in [0.4, 0.5) is 5.69 Å². The van der Waals surface area contributed by atoms with Crippen molar-refractivity contribution in [2.24, 2.45) is 0 Å². The highest BCUT2D eigenvalue weighted by Gasteiger charge is 2.34. The number of sulfonamides is 1. The minimum absolute atomic E-state index is 0.00705. The van der Waals surface area contributed by atoms with E-state index in [1.807, 2.05) is 27.7 Å². The Morgan fingerprint density at radius 3 is 2.34 bits per heavy atom. The summed E-state index contributed by atoms with van der Waals surface area (Å²) in [5.41, 5.74) is 1.69. The fourth-order valence-electron chi connectivity index (χ4n) is 3.79. The summed E-state index contributed by atoms with van der Waals surface area (Å²) in [6.07, 6.45) is 1.36. The first kappa shape index (κ1) is 23.8. The summed E-state index contributed by atoms with van der Waals surface area (Å²) >= 11 is 0. The zero-order chi connectivity index (χ0) is 23.5. The molecule has 8 heteroatoms. The molecule has 2 aromatic rings. The molecule has 0 aliphatic carbocycles. The quantitative estimate of drug-likeness (QED) is 0.662. The average Bonchev–Trinajstić information content (AvgIpc) is 3.23. The number of amides is 2. The number of carbonyl (C=O) groups is 2. The second kappa shape index (κ2) is 9.73. The number of benzene rings is 2. The largest absolute Gasteiger partial charge is 0.352 e. The first-order valence-electron chi connectivity index (χ1n) is 10.9. The number of hydrogen-bond acceptors (Lipinski definition) is 4. The maximum atomic E-state index is 13.1. The molecular formula is C24H31N3O4S. The molecule has 2 amide bonds. The molecule has 1 fully saturated rings. The zero-order valence-electron chi connectivity index (χ0n) is 19.0.